The summed E-state index contributed by atoms with van der Waals surface area (Å²) in [4.78, 5) is 0. The summed E-state index contributed by atoms with van der Waals surface area (Å²) < 4.78 is 16.7. The highest BCUT2D eigenvalue weighted by Gasteiger charge is 2.37. The van der Waals surface area contributed by atoms with Gasteiger partial charge < -0.3 is 18.7 Å². The zero-order valence-corrected chi connectivity index (χ0v) is 28.1. The molecule has 202 valence electrons. The molecule has 1 rings (SSSR count). The number of ether oxygens (including phenoxy) is 1. The monoisotopic (exact) mass is 568 g/mol. The second-order valence-corrected chi connectivity index (χ2v) is 20.4. The van der Waals surface area contributed by atoms with Gasteiger partial charge in [-0.2, -0.15) is 13.5 Å². The van der Waals surface area contributed by atoms with Crippen molar-refractivity contribution in [2.75, 3.05) is 33.0 Å². The normalized spacial score (nSPS) is 13.1. The van der Waals surface area contributed by atoms with Crippen molar-refractivity contribution in [1.29, 1.82) is 0 Å². The number of rotatable bonds is 6. The third-order valence-corrected chi connectivity index (χ3v) is 15.1. The van der Waals surface area contributed by atoms with Gasteiger partial charge in [-0.05, 0) is 49.1 Å². The molecule has 0 saturated carbocycles. The fraction of sp³-hybridized carbons (Fsp3) is 0.840. The highest BCUT2D eigenvalue weighted by Crippen LogP contribution is 2.37. The Morgan fingerprint density at radius 3 is 1.47 bits per heavy atom. The van der Waals surface area contributed by atoms with Crippen molar-refractivity contribution >= 4 is 52.5 Å². The second kappa shape index (κ2) is 22.4. The second-order valence-electron chi connectivity index (χ2n) is 10.8. The summed E-state index contributed by atoms with van der Waals surface area (Å²) in [6.45, 7) is 25.6. The first-order valence-corrected chi connectivity index (χ1v) is 18.8. The molecule has 1 aliphatic heterocycles. The number of hydrogen-bond acceptors (Lipinski definition) is 6. The Balaban J connectivity index is -0.000000203. The van der Waals surface area contributed by atoms with E-state index in [0.29, 0.717) is 24.7 Å². The smallest absolute Gasteiger partial charge is 0.192 e. The van der Waals surface area contributed by atoms with Gasteiger partial charge in [0.15, 0.2) is 16.6 Å². The van der Waals surface area contributed by atoms with E-state index < -0.39 is 16.6 Å². The molecule has 0 amide bonds. The van der Waals surface area contributed by atoms with Crippen LogP contribution in [0.25, 0.3) is 0 Å². The minimum absolute atomic E-state index is 0. The SMILES string of the molecule is C#CCCO[Si](C)(C)C(C)(C)C.C1CCOC1.CC(C)(C)[Si](C)(C)OCCC#CCO.S.S=S. The summed E-state index contributed by atoms with van der Waals surface area (Å²) in [6, 6.07) is 0. The molecule has 34 heavy (non-hydrogen) atoms. The molecular weight excluding hydrogens is 517 g/mol. The summed E-state index contributed by atoms with van der Waals surface area (Å²) >= 11 is 7.33. The standard InChI is InChI=1S/C11H22O2Si.C10H20OSi.C4H8O.S2.H2S/c1-11(2,3)14(4,5)13-10-8-6-7-9-12;1-7-8-9-11-12(5,6)10(2,3)4;1-2-4-5-3-1;1-2;/h12H,8-10H2,1-5H3;1H,8-9H2,2-6H3;1-4H2;;1H2. The van der Waals surface area contributed by atoms with Crippen LogP contribution in [0.15, 0.2) is 0 Å². The van der Waals surface area contributed by atoms with Gasteiger partial charge in [-0.15, -0.1) is 12.3 Å². The van der Waals surface area contributed by atoms with Gasteiger partial charge >= 0.3 is 0 Å². The maximum absolute atomic E-state index is 8.45. The molecule has 0 aromatic heterocycles. The van der Waals surface area contributed by atoms with Crippen molar-refractivity contribution in [3.63, 3.8) is 0 Å². The van der Waals surface area contributed by atoms with Crippen LogP contribution in [-0.4, -0.2) is 54.8 Å². The molecule has 0 radical (unpaired) electrons. The van der Waals surface area contributed by atoms with E-state index in [-0.39, 0.29) is 25.1 Å². The van der Waals surface area contributed by atoms with Gasteiger partial charge in [0.25, 0.3) is 0 Å². The van der Waals surface area contributed by atoms with Gasteiger partial charge in [-0.1, -0.05) is 53.4 Å². The van der Waals surface area contributed by atoms with Crippen LogP contribution in [0.5, 0.6) is 0 Å². The van der Waals surface area contributed by atoms with E-state index in [2.05, 4.69) is 108 Å². The quantitative estimate of drug-likeness (QED) is 0.230. The largest absolute Gasteiger partial charge is 0.416 e. The molecule has 1 aliphatic rings. The molecule has 0 atom stereocenters. The lowest BCUT2D eigenvalue weighted by atomic mass is 10.2. The van der Waals surface area contributed by atoms with Crippen LogP contribution in [0.3, 0.4) is 0 Å². The van der Waals surface area contributed by atoms with Crippen LogP contribution in [0, 0.1) is 24.2 Å². The minimum Gasteiger partial charge on any atom is -0.416 e. The van der Waals surface area contributed by atoms with Crippen molar-refractivity contribution in [2.24, 2.45) is 0 Å². The number of terminal acetylenes is 1. The van der Waals surface area contributed by atoms with E-state index in [1.165, 1.54) is 12.8 Å². The Bertz CT molecular complexity index is 573. The fourth-order valence-corrected chi connectivity index (χ4v) is 3.90. The number of hydrogen-bond donors (Lipinski definition) is 1. The maximum Gasteiger partial charge on any atom is 0.192 e. The summed E-state index contributed by atoms with van der Waals surface area (Å²) in [5, 5.41) is 9.00. The van der Waals surface area contributed by atoms with E-state index in [1.54, 1.807) is 0 Å². The van der Waals surface area contributed by atoms with E-state index in [0.717, 1.165) is 19.6 Å². The van der Waals surface area contributed by atoms with Crippen LogP contribution in [0.2, 0.25) is 36.3 Å². The zero-order valence-electron chi connectivity index (χ0n) is 23.4. The van der Waals surface area contributed by atoms with Crippen LogP contribution in [0.1, 0.15) is 67.2 Å². The summed E-state index contributed by atoms with van der Waals surface area (Å²) in [6.07, 6.45) is 9.15. The lowest BCUT2D eigenvalue weighted by Gasteiger charge is -2.35. The maximum atomic E-state index is 8.45. The third-order valence-electron chi connectivity index (χ3n) is 6.04. The molecule has 1 heterocycles. The highest BCUT2D eigenvalue weighted by molar-refractivity contribution is 8.07. The number of aliphatic hydroxyl groups is 1. The van der Waals surface area contributed by atoms with Crippen molar-refractivity contribution in [1.82, 2.24) is 0 Å². The lowest BCUT2D eigenvalue weighted by Crippen LogP contribution is -2.40. The molecule has 0 spiro atoms. The minimum atomic E-state index is -1.60. The van der Waals surface area contributed by atoms with E-state index in [9.17, 15) is 0 Å². The molecule has 4 nitrogen and oxygen atoms in total. The van der Waals surface area contributed by atoms with Gasteiger partial charge in [0, 0.05) is 61.6 Å². The van der Waals surface area contributed by atoms with Crippen LogP contribution in [-0.2, 0) is 36.0 Å². The first-order valence-electron chi connectivity index (χ1n) is 11.6. The van der Waals surface area contributed by atoms with Gasteiger partial charge in [0.1, 0.15) is 6.61 Å². The first-order chi connectivity index (χ1) is 15.1. The van der Waals surface area contributed by atoms with Gasteiger partial charge in [-0.3, -0.25) is 0 Å². The predicted octanol–water partition coefficient (Wildman–Crippen LogP) is 6.33. The molecule has 0 aromatic carbocycles. The molecule has 1 saturated heterocycles. The van der Waals surface area contributed by atoms with E-state index >= 15 is 0 Å². The zero-order chi connectivity index (χ0) is 26.6. The topological polar surface area (TPSA) is 47.9 Å². The van der Waals surface area contributed by atoms with Crippen LogP contribution in [0.4, 0.5) is 0 Å². The molecule has 0 aromatic rings. The van der Waals surface area contributed by atoms with Crippen molar-refractivity contribution in [2.45, 2.75) is 103 Å². The Morgan fingerprint density at radius 2 is 1.21 bits per heavy atom. The Hall–Kier alpha value is 0.184. The fourth-order valence-electron chi connectivity index (χ4n) is 1.81. The molecule has 0 bridgehead atoms. The van der Waals surface area contributed by atoms with Gasteiger partial charge in [-0.25, -0.2) is 0 Å². The number of aliphatic hydroxyl groups excluding tert-OH is 1. The Kier molecular flexibility index (Phi) is 27.2. The Labute approximate surface area is 231 Å². The van der Waals surface area contributed by atoms with E-state index in [4.69, 9.17) is 25.1 Å². The summed E-state index contributed by atoms with van der Waals surface area (Å²) in [7, 11) is -3.13. The van der Waals surface area contributed by atoms with Gasteiger partial charge in [0.2, 0.25) is 0 Å². The molecule has 9 heteroatoms. The van der Waals surface area contributed by atoms with Crippen LogP contribution >= 0.6 is 13.5 Å². The summed E-state index contributed by atoms with van der Waals surface area (Å²) in [5.41, 5.74) is 0. The predicted molar refractivity (Wildman–Crippen MR) is 164 cm³/mol. The highest BCUT2D eigenvalue weighted by atomic mass is 32.8. The van der Waals surface area contributed by atoms with Gasteiger partial charge in [0.05, 0.1) is 0 Å². The van der Waals surface area contributed by atoms with Crippen molar-refractivity contribution in [3.05, 3.63) is 0 Å². The third kappa shape index (κ3) is 22.6. The first kappa shape index (κ1) is 41.3. The Morgan fingerprint density at radius 1 is 0.824 bits per heavy atom. The lowest BCUT2D eigenvalue weighted by molar-refractivity contribution is 0.198. The average Bonchev–Trinajstić information content (AvgIpc) is 3.28. The molecular formula is C25H52O4S3Si2. The average molecular weight is 569 g/mol. The molecule has 1 N–H and O–H groups in total. The molecule has 1 fully saturated rings. The molecule has 0 unspecified atom stereocenters. The summed E-state index contributed by atoms with van der Waals surface area (Å²) in [5.74, 6) is 8.06. The van der Waals surface area contributed by atoms with Crippen LogP contribution < -0.4 is 0 Å². The van der Waals surface area contributed by atoms with Crippen molar-refractivity contribution < 1.29 is 18.7 Å². The molecule has 0 aliphatic carbocycles. The van der Waals surface area contributed by atoms with Crippen molar-refractivity contribution in [3.8, 4) is 24.2 Å². The van der Waals surface area contributed by atoms with E-state index in [1.807, 2.05) is 0 Å².